The van der Waals surface area contributed by atoms with Gasteiger partial charge in [-0.2, -0.15) is 0 Å². The summed E-state index contributed by atoms with van der Waals surface area (Å²) < 4.78 is 5.22. The Kier molecular flexibility index (Phi) is 4.55. The predicted molar refractivity (Wildman–Crippen MR) is 90.3 cm³/mol. The van der Waals surface area contributed by atoms with Crippen LogP contribution in [0.15, 0.2) is 27.5 Å². The summed E-state index contributed by atoms with van der Waals surface area (Å²) in [5, 5.41) is 3.96. The van der Waals surface area contributed by atoms with Gasteiger partial charge >= 0.3 is 0 Å². The molecule has 0 aromatic carbocycles. The minimum atomic E-state index is -0.130. The smallest absolute Gasteiger partial charge is 0.292 e. The third-order valence-electron chi connectivity index (χ3n) is 4.48. The number of hydrogen-bond acceptors (Lipinski definition) is 4. The molecule has 0 radical (unpaired) electrons. The summed E-state index contributed by atoms with van der Waals surface area (Å²) in [4.78, 5) is 29.5. The van der Waals surface area contributed by atoms with E-state index in [0.29, 0.717) is 13.1 Å². The van der Waals surface area contributed by atoms with Crippen LogP contribution in [0.1, 0.15) is 66.2 Å². The SMILES string of the molecule is Cc1cc(=O)cc(C2CCCN(C(=O)c3cc(C(C)C)no3)C2)[nH]1. The zero-order valence-electron chi connectivity index (χ0n) is 14.3. The van der Waals surface area contributed by atoms with Gasteiger partial charge < -0.3 is 14.4 Å². The summed E-state index contributed by atoms with van der Waals surface area (Å²) in [6.07, 6.45) is 1.86. The average Bonchev–Trinajstić information content (AvgIpc) is 3.03. The highest BCUT2D eigenvalue weighted by Gasteiger charge is 2.28. The minimum absolute atomic E-state index is 0.00140. The lowest BCUT2D eigenvalue weighted by Gasteiger charge is -2.32. The number of pyridine rings is 1. The van der Waals surface area contributed by atoms with E-state index >= 15 is 0 Å². The molecule has 3 heterocycles. The van der Waals surface area contributed by atoms with Crippen LogP contribution in [0.5, 0.6) is 0 Å². The van der Waals surface area contributed by atoms with Crippen molar-refractivity contribution in [1.29, 1.82) is 0 Å². The van der Waals surface area contributed by atoms with Gasteiger partial charge in [0, 0.05) is 48.6 Å². The van der Waals surface area contributed by atoms with Gasteiger partial charge in [0.15, 0.2) is 5.43 Å². The van der Waals surface area contributed by atoms with Gasteiger partial charge in [-0.15, -0.1) is 0 Å². The van der Waals surface area contributed by atoms with Crippen molar-refractivity contribution in [3.8, 4) is 0 Å². The van der Waals surface area contributed by atoms with Crippen LogP contribution in [0.2, 0.25) is 0 Å². The van der Waals surface area contributed by atoms with Crippen LogP contribution in [0.25, 0.3) is 0 Å². The number of nitrogens with one attached hydrogen (secondary N) is 1. The number of rotatable bonds is 3. The van der Waals surface area contributed by atoms with Gasteiger partial charge in [-0.25, -0.2) is 0 Å². The number of nitrogens with zero attached hydrogens (tertiary/aromatic N) is 2. The number of aromatic amines is 1. The molecule has 1 atom stereocenters. The zero-order valence-corrected chi connectivity index (χ0v) is 14.3. The Morgan fingerprint density at radius 3 is 2.83 bits per heavy atom. The topological polar surface area (TPSA) is 79.2 Å². The number of piperidine rings is 1. The van der Waals surface area contributed by atoms with Crippen LogP contribution >= 0.6 is 0 Å². The normalized spacial score (nSPS) is 18.2. The summed E-state index contributed by atoms with van der Waals surface area (Å²) in [6.45, 7) is 7.17. The molecule has 2 aromatic rings. The second-order valence-corrected chi connectivity index (χ2v) is 6.82. The van der Waals surface area contributed by atoms with Gasteiger partial charge in [0.05, 0.1) is 5.69 Å². The van der Waals surface area contributed by atoms with Gasteiger partial charge in [-0.3, -0.25) is 9.59 Å². The number of H-pyrrole nitrogens is 1. The molecule has 1 saturated heterocycles. The van der Waals surface area contributed by atoms with Crippen LogP contribution < -0.4 is 5.43 Å². The Balaban J connectivity index is 1.77. The maximum Gasteiger partial charge on any atom is 0.292 e. The standard InChI is InChI=1S/C18H23N3O3/c1-11(2)15-9-17(24-20-15)18(23)21-6-4-5-13(10-21)16-8-14(22)7-12(3)19-16/h7-9,11,13H,4-6,10H2,1-3H3,(H,19,22). The van der Waals surface area contributed by atoms with E-state index in [2.05, 4.69) is 10.1 Å². The average molecular weight is 329 g/mol. The molecule has 0 aliphatic carbocycles. The lowest BCUT2D eigenvalue weighted by Crippen LogP contribution is -2.39. The molecule has 128 valence electrons. The number of hydrogen-bond donors (Lipinski definition) is 1. The van der Waals surface area contributed by atoms with E-state index in [1.807, 2.05) is 20.8 Å². The highest BCUT2D eigenvalue weighted by Crippen LogP contribution is 2.26. The van der Waals surface area contributed by atoms with Gasteiger partial charge in [0.2, 0.25) is 5.76 Å². The number of carbonyl (C=O) groups excluding carboxylic acids is 1. The Hall–Kier alpha value is -2.37. The fraction of sp³-hybridized carbons (Fsp3) is 0.500. The highest BCUT2D eigenvalue weighted by molar-refractivity contribution is 5.91. The van der Waals surface area contributed by atoms with Crippen LogP contribution in [-0.2, 0) is 0 Å². The molecular formula is C18H23N3O3. The van der Waals surface area contributed by atoms with E-state index in [-0.39, 0.29) is 28.9 Å². The summed E-state index contributed by atoms with van der Waals surface area (Å²) in [5.41, 5.74) is 2.53. The monoisotopic (exact) mass is 329 g/mol. The van der Waals surface area contributed by atoms with E-state index < -0.39 is 0 Å². The largest absolute Gasteiger partial charge is 0.362 e. The molecule has 0 bridgehead atoms. The van der Waals surface area contributed by atoms with E-state index in [0.717, 1.165) is 29.9 Å². The predicted octanol–water partition coefficient (Wildman–Crippen LogP) is 2.81. The fourth-order valence-electron chi connectivity index (χ4n) is 3.16. The number of likely N-dealkylation sites (tertiary alicyclic amines) is 1. The molecule has 3 rings (SSSR count). The Morgan fingerprint density at radius 2 is 2.17 bits per heavy atom. The molecule has 0 spiro atoms. The summed E-state index contributed by atoms with van der Waals surface area (Å²) >= 11 is 0. The maximum atomic E-state index is 12.7. The van der Waals surface area contributed by atoms with E-state index in [9.17, 15) is 9.59 Å². The van der Waals surface area contributed by atoms with Crippen molar-refractivity contribution in [3.05, 3.63) is 51.3 Å². The van der Waals surface area contributed by atoms with Crippen LogP contribution in [0.4, 0.5) is 0 Å². The lowest BCUT2D eigenvalue weighted by molar-refractivity contribution is 0.0663. The number of aryl methyl sites for hydroxylation is 1. The third-order valence-corrected chi connectivity index (χ3v) is 4.48. The number of carbonyl (C=O) groups is 1. The molecule has 1 N–H and O–H groups in total. The zero-order chi connectivity index (χ0) is 17.3. The number of amides is 1. The van der Waals surface area contributed by atoms with Crippen molar-refractivity contribution < 1.29 is 9.32 Å². The molecule has 24 heavy (non-hydrogen) atoms. The molecule has 1 amide bonds. The van der Waals surface area contributed by atoms with E-state index in [1.165, 1.54) is 0 Å². The molecule has 2 aromatic heterocycles. The summed E-state index contributed by atoms with van der Waals surface area (Å²) in [5.74, 6) is 0.524. The Labute approximate surface area is 140 Å². The number of aromatic nitrogens is 2. The molecule has 0 saturated carbocycles. The molecule has 6 nitrogen and oxygen atoms in total. The van der Waals surface area contributed by atoms with Crippen molar-refractivity contribution in [2.24, 2.45) is 0 Å². The first-order chi connectivity index (χ1) is 11.4. The van der Waals surface area contributed by atoms with Crippen LogP contribution in [-0.4, -0.2) is 34.0 Å². The van der Waals surface area contributed by atoms with Gasteiger partial charge in [0.1, 0.15) is 0 Å². The first kappa shape index (κ1) is 16.5. The van der Waals surface area contributed by atoms with Crippen molar-refractivity contribution in [2.45, 2.75) is 45.4 Å². The van der Waals surface area contributed by atoms with Crippen LogP contribution in [0, 0.1) is 6.92 Å². The maximum absolute atomic E-state index is 12.7. The van der Waals surface area contributed by atoms with Crippen molar-refractivity contribution in [1.82, 2.24) is 15.0 Å². The first-order valence-corrected chi connectivity index (χ1v) is 8.41. The van der Waals surface area contributed by atoms with Gasteiger partial charge in [-0.05, 0) is 25.7 Å². The fourth-order valence-corrected chi connectivity index (χ4v) is 3.16. The minimum Gasteiger partial charge on any atom is -0.362 e. The molecule has 6 heteroatoms. The Morgan fingerprint density at radius 1 is 1.38 bits per heavy atom. The van der Waals surface area contributed by atoms with Crippen molar-refractivity contribution in [3.63, 3.8) is 0 Å². The highest BCUT2D eigenvalue weighted by atomic mass is 16.5. The van der Waals surface area contributed by atoms with Crippen molar-refractivity contribution in [2.75, 3.05) is 13.1 Å². The van der Waals surface area contributed by atoms with E-state index in [4.69, 9.17) is 4.52 Å². The summed E-state index contributed by atoms with van der Waals surface area (Å²) in [6, 6.07) is 4.94. The second kappa shape index (κ2) is 6.63. The molecule has 1 fully saturated rings. The summed E-state index contributed by atoms with van der Waals surface area (Å²) in [7, 11) is 0. The van der Waals surface area contributed by atoms with Crippen LogP contribution in [0.3, 0.4) is 0 Å². The molecule has 1 unspecified atom stereocenters. The third kappa shape index (κ3) is 3.42. The van der Waals surface area contributed by atoms with Crippen molar-refractivity contribution >= 4 is 5.91 Å². The molecular weight excluding hydrogens is 306 g/mol. The Bertz CT molecular complexity index is 791. The molecule has 1 aliphatic rings. The molecule has 1 aliphatic heterocycles. The van der Waals surface area contributed by atoms with E-state index in [1.54, 1.807) is 23.1 Å². The second-order valence-electron chi connectivity index (χ2n) is 6.82. The lowest BCUT2D eigenvalue weighted by atomic mass is 9.94. The van der Waals surface area contributed by atoms with Gasteiger partial charge in [-0.1, -0.05) is 19.0 Å². The first-order valence-electron chi connectivity index (χ1n) is 8.41. The quantitative estimate of drug-likeness (QED) is 0.939. The van der Waals surface area contributed by atoms with Gasteiger partial charge in [0.25, 0.3) is 5.91 Å².